The van der Waals surface area contributed by atoms with Crippen LogP contribution < -0.4 is 11.1 Å². The van der Waals surface area contributed by atoms with Crippen molar-refractivity contribution in [1.82, 2.24) is 0 Å². The third-order valence-corrected chi connectivity index (χ3v) is 1.95. The van der Waals surface area contributed by atoms with Crippen LogP contribution in [0.3, 0.4) is 0 Å². The fraction of sp³-hybridized carbons (Fsp3) is 0.364. The SMILES string of the molecule is CC(C)C(=O)Nc1cccc(CN)c1.Cl. The number of hydrogen-bond donors (Lipinski definition) is 2. The standard InChI is InChI=1S/C11H16N2O.ClH/c1-8(2)11(14)13-10-5-3-4-9(6-10)7-12;/h3-6,8H,7,12H2,1-2H3,(H,13,14);1H. The van der Waals surface area contributed by atoms with Gasteiger partial charge in [0.2, 0.25) is 5.91 Å². The van der Waals surface area contributed by atoms with Crippen molar-refractivity contribution in [1.29, 1.82) is 0 Å². The molecule has 0 aromatic heterocycles. The molecule has 0 bridgehead atoms. The summed E-state index contributed by atoms with van der Waals surface area (Å²) in [5, 5.41) is 2.82. The summed E-state index contributed by atoms with van der Waals surface area (Å²) in [6.07, 6.45) is 0. The number of amides is 1. The van der Waals surface area contributed by atoms with Gasteiger partial charge in [-0.3, -0.25) is 4.79 Å². The van der Waals surface area contributed by atoms with Crippen LogP contribution in [-0.2, 0) is 11.3 Å². The van der Waals surface area contributed by atoms with E-state index in [4.69, 9.17) is 5.73 Å². The number of anilines is 1. The molecular weight excluding hydrogens is 212 g/mol. The molecule has 0 spiro atoms. The zero-order chi connectivity index (χ0) is 10.6. The molecular formula is C11H17ClN2O. The molecule has 0 radical (unpaired) electrons. The lowest BCUT2D eigenvalue weighted by atomic mass is 10.1. The van der Waals surface area contributed by atoms with Crippen LogP contribution >= 0.6 is 12.4 Å². The van der Waals surface area contributed by atoms with Gasteiger partial charge in [0.05, 0.1) is 0 Å². The lowest BCUT2D eigenvalue weighted by Crippen LogP contribution is -2.17. The van der Waals surface area contributed by atoms with Crippen molar-refractivity contribution in [3.05, 3.63) is 29.8 Å². The van der Waals surface area contributed by atoms with Gasteiger partial charge in [0.1, 0.15) is 0 Å². The maximum absolute atomic E-state index is 11.4. The van der Waals surface area contributed by atoms with E-state index in [1.54, 1.807) is 0 Å². The molecule has 0 aliphatic rings. The average Bonchev–Trinajstić information content (AvgIpc) is 2.18. The number of nitrogens with one attached hydrogen (secondary N) is 1. The fourth-order valence-electron chi connectivity index (χ4n) is 1.06. The summed E-state index contributed by atoms with van der Waals surface area (Å²) < 4.78 is 0. The van der Waals surface area contributed by atoms with E-state index in [0.717, 1.165) is 11.3 Å². The van der Waals surface area contributed by atoms with E-state index in [1.807, 2.05) is 38.1 Å². The van der Waals surface area contributed by atoms with Crippen LogP contribution in [0.25, 0.3) is 0 Å². The zero-order valence-corrected chi connectivity index (χ0v) is 9.80. The van der Waals surface area contributed by atoms with Crippen molar-refractivity contribution < 1.29 is 4.79 Å². The summed E-state index contributed by atoms with van der Waals surface area (Å²) in [5.41, 5.74) is 7.33. The van der Waals surface area contributed by atoms with E-state index in [-0.39, 0.29) is 24.2 Å². The lowest BCUT2D eigenvalue weighted by Gasteiger charge is -2.08. The molecule has 84 valence electrons. The summed E-state index contributed by atoms with van der Waals surface area (Å²) in [6, 6.07) is 7.57. The normalized spacial score (nSPS) is 9.60. The molecule has 15 heavy (non-hydrogen) atoms. The Kier molecular flexibility index (Phi) is 5.97. The molecule has 3 nitrogen and oxygen atoms in total. The highest BCUT2D eigenvalue weighted by molar-refractivity contribution is 5.92. The molecule has 4 heteroatoms. The molecule has 0 saturated carbocycles. The van der Waals surface area contributed by atoms with Crippen LogP contribution in [-0.4, -0.2) is 5.91 Å². The average molecular weight is 229 g/mol. The van der Waals surface area contributed by atoms with Crippen molar-refractivity contribution in [2.45, 2.75) is 20.4 Å². The second-order valence-corrected chi connectivity index (χ2v) is 3.55. The third kappa shape index (κ3) is 4.32. The molecule has 0 saturated heterocycles. The van der Waals surface area contributed by atoms with Gasteiger partial charge in [0.15, 0.2) is 0 Å². The summed E-state index contributed by atoms with van der Waals surface area (Å²) in [6.45, 7) is 4.22. The number of nitrogens with two attached hydrogens (primary N) is 1. The molecule has 3 N–H and O–H groups in total. The Morgan fingerprint density at radius 3 is 2.67 bits per heavy atom. The van der Waals surface area contributed by atoms with E-state index < -0.39 is 0 Å². The fourth-order valence-corrected chi connectivity index (χ4v) is 1.06. The minimum absolute atomic E-state index is 0. The van der Waals surface area contributed by atoms with Gasteiger partial charge in [-0.25, -0.2) is 0 Å². The van der Waals surface area contributed by atoms with Crippen molar-refractivity contribution in [2.75, 3.05) is 5.32 Å². The van der Waals surface area contributed by atoms with Gasteiger partial charge < -0.3 is 11.1 Å². The quantitative estimate of drug-likeness (QED) is 0.833. The molecule has 0 atom stereocenters. The Hall–Kier alpha value is -1.06. The summed E-state index contributed by atoms with van der Waals surface area (Å²) in [5.74, 6) is 0.0238. The minimum atomic E-state index is -0.00321. The topological polar surface area (TPSA) is 55.1 Å². The van der Waals surface area contributed by atoms with Gasteiger partial charge in [-0.2, -0.15) is 0 Å². The van der Waals surface area contributed by atoms with E-state index >= 15 is 0 Å². The first-order chi connectivity index (χ1) is 6.63. The first-order valence-corrected chi connectivity index (χ1v) is 4.73. The van der Waals surface area contributed by atoms with Crippen molar-refractivity contribution in [3.8, 4) is 0 Å². The van der Waals surface area contributed by atoms with Crippen molar-refractivity contribution in [2.24, 2.45) is 11.7 Å². The highest BCUT2D eigenvalue weighted by Gasteiger charge is 2.06. The number of carbonyl (C=O) groups is 1. The molecule has 0 aliphatic heterocycles. The first kappa shape index (κ1) is 13.9. The van der Waals surface area contributed by atoms with Gasteiger partial charge in [0, 0.05) is 18.2 Å². The second kappa shape index (κ2) is 6.43. The van der Waals surface area contributed by atoms with Crippen LogP contribution in [0, 0.1) is 5.92 Å². The Morgan fingerprint density at radius 1 is 1.47 bits per heavy atom. The number of hydrogen-bond acceptors (Lipinski definition) is 2. The molecule has 0 heterocycles. The monoisotopic (exact) mass is 228 g/mol. The smallest absolute Gasteiger partial charge is 0.226 e. The van der Waals surface area contributed by atoms with E-state index in [1.165, 1.54) is 0 Å². The van der Waals surface area contributed by atoms with Crippen molar-refractivity contribution in [3.63, 3.8) is 0 Å². The molecule has 1 amide bonds. The van der Waals surface area contributed by atoms with Crippen LogP contribution in [0.5, 0.6) is 0 Å². The zero-order valence-electron chi connectivity index (χ0n) is 8.99. The molecule has 1 aromatic rings. The number of halogens is 1. The van der Waals surface area contributed by atoms with E-state index in [0.29, 0.717) is 6.54 Å². The first-order valence-electron chi connectivity index (χ1n) is 4.73. The van der Waals surface area contributed by atoms with Gasteiger partial charge in [-0.05, 0) is 17.7 Å². The minimum Gasteiger partial charge on any atom is -0.326 e. The molecule has 1 rings (SSSR count). The molecule has 0 unspecified atom stereocenters. The van der Waals surface area contributed by atoms with E-state index in [2.05, 4.69) is 5.32 Å². The van der Waals surface area contributed by atoms with Gasteiger partial charge in [-0.1, -0.05) is 26.0 Å². The van der Waals surface area contributed by atoms with Crippen LogP contribution in [0.4, 0.5) is 5.69 Å². The molecule has 0 fully saturated rings. The highest BCUT2D eigenvalue weighted by Crippen LogP contribution is 2.11. The Bertz CT molecular complexity index is 326. The summed E-state index contributed by atoms with van der Waals surface area (Å²) >= 11 is 0. The van der Waals surface area contributed by atoms with Crippen LogP contribution in [0.2, 0.25) is 0 Å². The lowest BCUT2D eigenvalue weighted by molar-refractivity contribution is -0.118. The Labute approximate surface area is 96.5 Å². The summed E-state index contributed by atoms with van der Waals surface area (Å²) in [4.78, 5) is 11.4. The van der Waals surface area contributed by atoms with Gasteiger partial charge >= 0.3 is 0 Å². The van der Waals surface area contributed by atoms with Gasteiger partial charge in [-0.15, -0.1) is 12.4 Å². The van der Waals surface area contributed by atoms with Crippen LogP contribution in [0.1, 0.15) is 19.4 Å². The third-order valence-electron chi connectivity index (χ3n) is 1.95. The van der Waals surface area contributed by atoms with Crippen molar-refractivity contribution >= 4 is 24.0 Å². The van der Waals surface area contributed by atoms with Crippen LogP contribution in [0.15, 0.2) is 24.3 Å². The number of carbonyl (C=O) groups excluding carboxylic acids is 1. The van der Waals surface area contributed by atoms with E-state index in [9.17, 15) is 4.79 Å². The number of rotatable bonds is 3. The molecule has 1 aromatic carbocycles. The van der Waals surface area contributed by atoms with Gasteiger partial charge in [0.25, 0.3) is 0 Å². The summed E-state index contributed by atoms with van der Waals surface area (Å²) in [7, 11) is 0. The maximum atomic E-state index is 11.4. The number of benzene rings is 1. The predicted molar refractivity (Wildman–Crippen MR) is 65.0 cm³/mol. The Morgan fingerprint density at radius 2 is 2.13 bits per heavy atom. The maximum Gasteiger partial charge on any atom is 0.226 e. The second-order valence-electron chi connectivity index (χ2n) is 3.55. The Balaban J connectivity index is 0.00000196. The predicted octanol–water partition coefficient (Wildman–Crippen LogP) is 2.16. The molecule has 0 aliphatic carbocycles. The largest absolute Gasteiger partial charge is 0.326 e. The highest BCUT2D eigenvalue weighted by atomic mass is 35.5.